The number of nitrogens with zero attached hydrogens (tertiary/aromatic N) is 1. The molecule has 0 spiro atoms. The monoisotopic (exact) mass is 235 g/mol. The maximum absolute atomic E-state index is 11.2. The van der Waals surface area contributed by atoms with Crippen LogP contribution in [-0.4, -0.2) is 9.97 Å². The van der Waals surface area contributed by atoms with Gasteiger partial charge in [-0.3, -0.25) is 0 Å². The summed E-state index contributed by atoms with van der Waals surface area (Å²) < 4.78 is 0. The Morgan fingerprint density at radius 2 is 2.12 bits per heavy atom. The Morgan fingerprint density at radius 1 is 1.38 bits per heavy atom. The van der Waals surface area contributed by atoms with Gasteiger partial charge in [-0.05, 0) is 31.2 Å². The molecule has 0 radical (unpaired) electrons. The van der Waals surface area contributed by atoms with E-state index in [1.165, 1.54) is 0 Å². The largest absolute Gasteiger partial charge is 0.399 e. The summed E-state index contributed by atoms with van der Waals surface area (Å²) in [6.45, 7) is 1.78. The molecule has 0 amide bonds. The molecule has 5 heteroatoms. The highest BCUT2D eigenvalue weighted by atomic mass is 35.5. The van der Waals surface area contributed by atoms with Crippen molar-refractivity contribution in [3.63, 3.8) is 0 Å². The Balaban J connectivity index is 2.66. The lowest BCUT2D eigenvalue weighted by molar-refractivity contribution is 1.03. The van der Waals surface area contributed by atoms with Crippen molar-refractivity contribution in [3.05, 3.63) is 45.5 Å². The lowest BCUT2D eigenvalue weighted by Gasteiger charge is -2.05. The van der Waals surface area contributed by atoms with Gasteiger partial charge in [0.2, 0.25) is 0 Å². The number of rotatable bonds is 1. The number of anilines is 1. The fourth-order valence-corrected chi connectivity index (χ4v) is 1.67. The quantitative estimate of drug-likeness (QED) is 0.743. The molecule has 0 saturated heterocycles. The highest BCUT2D eigenvalue weighted by Crippen LogP contribution is 2.27. The van der Waals surface area contributed by atoms with Gasteiger partial charge in [0.15, 0.2) is 0 Å². The minimum Gasteiger partial charge on any atom is -0.399 e. The van der Waals surface area contributed by atoms with Crippen molar-refractivity contribution in [3.8, 4) is 11.3 Å². The van der Waals surface area contributed by atoms with Crippen LogP contribution in [0.3, 0.4) is 0 Å². The van der Waals surface area contributed by atoms with Crippen molar-refractivity contribution >= 4 is 17.3 Å². The molecule has 0 unspecified atom stereocenters. The maximum Gasteiger partial charge on any atom is 0.345 e. The van der Waals surface area contributed by atoms with E-state index in [1.807, 2.05) is 0 Å². The summed E-state index contributed by atoms with van der Waals surface area (Å²) in [5.41, 5.74) is 7.78. The molecule has 0 aliphatic heterocycles. The first-order valence-corrected chi connectivity index (χ1v) is 5.07. The molecule has 0 aliphatic rings. The van der Waals surface area contributed by atoms with Crippen molar-refractivity contribution in [1.29, 1.82) is 0 Å². The van der Waals surface area contributed by atoms with Gasteiger partial charge in [-0.2, -0.15) is 4.98 Å². The summed E-state index contributed by atoms with van der Waals surface area (Å²) in [7, 11) is 0. The molecule has 0 aliphatic carbocycles. The minimum atomic E-state index is -0.395. The van der Waals surface area contributed by atoms with Crippen LogP contribution < -0.4 is 11.4 Å². The van der Waals surface area contributed by atoms with Crippen molar-refractivity contribution in [2.45, 2.75) is 6.92 Å². The van der Waals surface area contributed by atoms with Crippen LogP contribution in [0.2, 0.25) is 5.02 Å². The summed E-state index contributed by atoms with van der Waals surface area (Å²) in [5, 5.41) is 0.520. The summed E-state index contributed by atoms with van der Waals surface area (Å²) in [6, 6.07) is 6.84. The number of H-pyrrole nitrogens is 1. The standard InChI is InChI=1S/C11H10ClN3O/c1-6-4-10(15-11(16)14-6)8-5-7(13)2-3-9(8)12/h2-5H,13H2,1H3,(H,14,15,16). The van der Waals surface area contributed by atoms with E-state index >= 15 is 0 Å². The molecule has 0 bridgehead atoms. The van der Waals surface area contributed by atoms with E-state index in [0.717, 1.165) is 5.69 Å². The Hall–Kier alpha value is -1.81. The van der Waals surface area contributed by atoms with Crippen LogP contribution in [0.5, 0.6) is 0 Å². The second kappa shape index (κ2) is 3.98. The molecule has 1 aromatic heterocycles. The van der Waals surface area contributed by atoms with Gasteiger partial charge >= 0.3 is 5.69 Å². The van der Waals surface area contributed by atoms with E-state index in [4.69, 9.17) is 17.3 Å². The van der Waals surface area contributed by atoms with E-state index in [-0.39, 0.29) is 0 Å². The molecule has 0 fully saturated rings. The van der Waals surface area contributed by atoms with E-state index in [2.05, 4.69) is 9.97 Å². The molecule has 1 aromatic carbocycles. The van der Waals surface area contributed by atoms with Crippen LogP contribution in [0.4, 0.5) is 5.69 Å². The number of hydrogen-bond acceptors (Lipinski definition) is 3. The Kier molecular flexibility index (Phi) is 2.66. The van der Waals surface area contributed by atoms with E-state index in [9.17, 15) is 4.79 Å². The van der Waals surface area contributed by atoms with Crippen LogP contribution in [0.1, 0.15) is 5.69 Å². The van der Waals surface area contributed by atoms with Crippen molar-refractivity contribution < 1.29 is 0 Å². The molecule has 82 valence electrons. The second-order valence-electron chi connectivity index (χ2n) is 3.49. The van der Waals surface area contributed by atoms with Gasteiger partial charge in [-0.25, -0.2) is 4.79 Å². The van der Waals surface area contributed by atoms with Crippen molar-refractivity contribution in [1.82, 2.24) is 9.97 Å². The molecule has 0 saturated carbocycles. The fourth-order valence-electron chi connectivity index (χ4n) is 1.46. The zero-order chi connectivity index (χ0) is 11.7. The van der Waals surface area contributed by atoms with Crippen LogP contribution in [0.25, 0.3) is 11.3 Å². The predicted molar refractivity (Wildman–Crippen MR) is 64.5 cm³/mol. The third-order valence-electron chi connectivity index (χ3n) is 2.15. The number of halogens is 1. The second-order valence-corrected chi connectivity index (χ2v) is 3.90. The number of nitrogens with one attached hydrogen (secondary N) is 1. The zero-order valence-electron chi connectivity index (χ0n) is 8.62. The number of nitrogens with two attached hydrogens (primary N) is 1. The molecule has 4 nitrogen and oxygen atoms in total. The molecule has 0 atom stereocenters. The summed E-state index contributed by atoms with van der Waals surface area (Å²) in [4.78, 5) is 17.7. The lowest BCUT2D eigenvalue weighted by atomic mass is 10.1. The average Bonchev–Trinajstić information content (AvgIpc) is 2.20. The minimum absolute atomic E-state index is 0.395. The number of benzene rings is 1. The normalized spacial score (nSPS) is 10.4. The first-order valence-electron chi connectivity index (χ1n) is 4.69. The van der Waals surface area contributed by atoms with Crippen molar-refractivity contribution in [2.24, 2.45) is 0 Å². The molecular formula is C11H10ClN3O. The van der Waals surface area contributed by atoms with Crippen LogP contribution in [0, 0.1) is 6.92 Å². The van der Waals surface area contributed by atoms with Crippen LogP contribution in [-0.2, 0) is 0 Å². The summed E-state index contributed by atoms with van der Waals surface area (Å²) in [6.07, 6.45) is 0. The molecule has 2 aromatic rings. The van der Waals surface area contributed by atoms with E-state index < -0.39 is 5.69 Å². The molecule has 2 rings (SSSR count). The smallest absolute Gasteiger partial charge is 0.345 e. The molecule has 3 N–H and O–H groups in total. The van der Waals surface area contributed by atoms with Gasteiger partial charge in [-0.15, -0.1) is 0 Å². The van der Waals surface area contributed by atoms with Crippen LogP contribution in [0.15, 0.2) is 29.1 Å². The first kappa shape index (κ1) is 10.7. The number of aryl methyl sites for hydroxylation is 1. The summed E-state index contributed by atoms with van der Waals surface area (Å²) >= 11 is 6.03. The van der Waals surface area contributed by atoms with Gasteiger partial charge < -0.3 is 10.7 Å². The Labute approximate surface area is 97.1 Å². The molecule has 16 heavy (non-hydrogen) atoms. The maximum atomic E-state index is 11.2. The van der Waals surface area contributed by atoms with Gasteiger partial charge in [0.25, 0.3) is 0 Å². The number of aromatic nitrogens is 2. The van der Waals surface area contributed by atoms with E-state index in [0.29, 0.717) is 22.0 Å². The highest BCUT2D eigenvalue weighted by Gasteiger charge is 2.06. The third kappa shape index (κ3) is 2.06. The Morgan fingerprint density at radius 3 is 2.81 bits per heavy atom. The van der Waals surface area contributed by atoms with Gasteiger partial charge in [-0.1, -0.05) is 11.6 Å². The lowest BCUT2D eigenvalue weighted by Crippen LogP contribution is -2.12. The first-order chi connectivity index (χ1) is 7.56. The SMILES string of the molecule is Cc1cc(-c2cc(N)ccc2Cl)nc(=O)[nH]1. The number of nitrogen functional groups attached to an aromatic ring is 1. The van der Waals surface area contributed by atoms with Crippen LogP contribution >= 0.6 is 11.6 Å². The van der Waals surface area contributed by atoms with Crippen molar-refractivity contribution in [2.75, 3.05) is 5.73 Å². The van der Waals surface area contributed by atoms with E-state index in [1.54, 1.807) is 31.2 Å². The fraction of sp³-hybridized carbons (Fsp3) is 0.0909. The summed E-state index contributed by atoms with van der Waals surface area (Å²) in [5.74, 6) is 0. The number of hydrogen-bond donors (Lipinski definition) is 2. The topological polar surface area (TPSA) is 71.8 Å². The van der Waals surface area contributed by atoms with Gasteiger partial charge in [0.1, 0.15) is 0 Å². The predicted octanol–water partition coefficient (Wildman–Crippen LogP) is 1.98. The highest BCUT2D eigenvalue weighted by molar-refractivity contribution is 6.33. The third-order valence-corrected chi connectivity index (χ3v) is 2.48. The zero-order valence-corrected chi connectivity index (χ0v) is 9.38. The Bertz CT molecular complexity index is 592. The molecule has 1 heterocycles. The van der Waals surface area contributed by atoms with Gasteiger partial charge in [0.05, 0.1) is 10.7 Å². The molecular weight excluding hydrogens is 226 g/mol. The van der Waals surface area contributed by atoms with Gasteiger partial charge in [0, 0.05) is 16.9 Å². The number of aromatic amines is 1. The average molecular weight is 236 g/mol.